The minimum absolute atomic E-state index is 0.0594. The van der Waals surface area contributed by atoms with E-state index in [1.165, 1.54) is 25.3 Å². The molecular formula is C11H13ClN2O4. The molecule has 98 valence electrons. The average Bonchev–Trinajstić information content (AvgIpc) is 2.34. The molecule has 1 aromatic carbocycles. The number of carbonyl (C=O) groups excluding carboxylic acids is 1. The van der Waals surface area contributed by atoms with Gasteiger partial charge in [-0.3, -0.25) is 14.9 Å². The Morgan fingerprint density at radius 2 is 2.28 bits per heavy atom. The highest BCUT2D eigenvalue weighted by molar-refractivity contribution is 6.33. The summed E-state index contributed by atoms with van der Waals surface area (Å²) in [5.41, 5.74) is -0.447. The number of benzene rings is 1. The van der Waals surface area contributed by atoms with Crippen LogP contribution in [0.4, 0.5) is 5.69 Å². The molecule has 0 aliphatic carbocycles. The highest BCUT2D eigenvalue weighted by Gasteiger charge is 2.23. The molecule has 0 aromatic heterocycles. The zero-order valence-electron chi connectivity index (χ0n) is 9.97. The van der Waals surface area contributed by atoms with E-state index in [0.717, 1.165) is 0 Å². The second-order valence-electron chi connectivity index (χ2n) is 3.65. The number of amides is 1. The lowest BCUT2D eigenvalue weighted by Gasteiger charge is -2.11. The maximum atomic E-state index is 11.8. The Morgan fingerprint density at radius 3 is 2.83 bits per heavy atom. The van der Waals surface area contributed by atoms with Crippen LogP contribution in [0, 0.1) is 10.1 Å². The van der Waals surface area contributed by atoms with Gasteiger partial charge in [0.05, 0.1) is 11.0 Å². The first-order valence-corrected chi connectivity index (χ1v) is 5.59. The van der Waals surface area contributed by atoms with Crippen molar-refractivity contribution in [1.82, 2.24) is 5.32 Å². The molecule has 1 rings (SSSR count). The lowest BCUT2D eigenvalue weighted by atomic mass is 10.1. The van der Waals surface area contributed by atoms with E-state index in [-0.39, 0.29) is 28.9 Å². The lowest BCUT2D eigenvalue weighted by Crippen LogP contribution is -2.31. The number of hydrogen-bond donors (Lipinski definition) is 1. The summed E-state index contributed by atoms with van der Waals surface area (Å²) in [4.78, 5) is 22.0. The summed E-state index contributed by atoms with van der Waals surface area (Å²) in [7, 11) is 1.51. The van der Waals surface area contributed by atoms with Gasteiger partial charge in [0.2, 0.25) is 0 Å². The molecular weight excluding hydrogens is 260 g/mol. The predicted octanol–water partition coefficient (Wildman–Crippen LogP) is 2.01. The molecule has 1 N–H and O–H groups in total. The molecule has 0 heterocycles. The Morgan fingerprint density at radius 1 is 1.61 bits per heavy atom. The first-order chi connectivity index (χ1) is 8.47. The molecule has 18 heavy (non-hydrogen) atoms. The van der Waals surface area contributed by atoms with Crippen LogP contribution >= 0.6 is 11.6 Å². The summed E-state index contributed by atoms with van der Waals surface area (Å²) in [5, 5.41) is 13.3. The van der Waals surface area contributed by atoms with Crippen LogP contribution < -0.4 is 5.32 Å². The number of nitro groups is 1. The number of hydrogen-bond acceptors (Lipinski definition) is 4. The molecule has 0 aliphatic heterocycles. The molecule has 0 saturated heterocycles. The normalized spacial score (nSPS) is 11.9. The van der Waals surface area contributed by atoms with Crippen molar-refractivity contribution >= 4 is 23.2 Å². The van der Waals surface area contributed by atoms with Crippen molar-refractivity contribution in [2.75, 3.05) is 13.7 Å². The molecule has 1 unspecified atom stereocenters. The van der Waals surface area contributed by atoms with Crippen molar-refractivity contribution in [2.24, 2.45) is 0 Å². The second-order valence-corrected chi connectivity index (χ2v) is 4.06. The minimum Gasteiger partial charge on any atom is -0.380 e. The number of halogens is 1. The fraction of sp³-hybridized carbons (Fsp3) is 0.364. The smallest absolute Gasteiger partial charge is 0.300 e. The first-order valence-electron chi connectivity index (χ1n) is 5.21. The molecule has 6 nitrogen and oxygen atoms in total. The Balaban J connectivity index is 2.92. The highest BCUT2D eigenvalue weighted by Crippen LogP contribution is 2.27. The Hall–Kier alpha value is -1.66. The third kappa shape index (κ3) is 3.41. The van der Waals surface area contributed by atoms with E-state index in [1.54, 1.807) is 6.92 Å². The molecule has 0 fully saturated rings. The Labute approximate surface area is 109 Å². The highest BCUT2D eigenvalue weighted by atomic mass is 35.5. The fourth-order valence-electron chi connectivity index (χ4n) is 1.30. The number of nitro benzene ring substituents is 1. The van der Waals surface area contributed by atoms with Crippen LogP contribution in [0.15, 0.2) is 18.2 Å². The van der Waals surface area contributed by atoms with Crippen molar-refractivity contribution in [3.8, 4) is 0 Å². The summed E-state index contributed by atoms with van der Waals surface area (Å²) in [6.45, 7) is 2.03. The van der Waals surface area contributed by atoms with E-state index in [4.69, 9.17) is 16.3 Å². The van der Waals surface area contributed by atoms with Gasteiger partial charge in [-0.05, 0) is 19.1 Å². The first kappa shape index (κ1) is 14.4. The van der Waals surface area contributed by atoms with E-state index < -0.39 is 10.8 Å². The van der Waals surface area contributed by atoms with Crippen molar-refractivity contribution in [2.45, 2.75) is 13.0 Å². The van der Waals surface area contributed by atoms with Gasteiger partial charge in [0.25, 0.3) is 5.91 Å². The van der Waals surface area contributed by atoms with Crippen molar-refractivity contribution in [3.05, 3.63) is 38.9 Å². The van der Waals surface area contributed by atoms with Gasteiger partial charge in [0.1, 0.15) is 10.6 Å². The number of carbonyl (C=O) groups is 1. The quantitative estimate of drug-likeness (QED) is 0.657. The number of nitrogens with zero attached hydrogens (tertiary/aromatic N) is 1. The van der Waals surface area contributed by atoms with Crippen molar-refractivity contribution < 1.29 is 14.5 Å². The molecule has 7 heteroatoms. The van der Waals surface area contributed by atoms with E-state index in [0.29, 0.717) is 0 Å². The summed E-state index contributed by atoms with van der Waals surface area (Å²) in [5.74, 6) is -0.548. The van der Waals surface area contributed by atoms with Gasteiger partial charge in [0.15, 0.2) is 0 Å². The van der Waals surface area contributed by atoms with Crippen LogP contribution in [0.1, 0.15) is 17.3 Å². The molecule has 0 spiro atoms. The predicted molar refractivity (Wildman–Crippen MR) is 66.9 cm³/mol. The van der Waals surface area contributed by atoms with Gasteiger partial charge < -0.3 is 10.1 Å². The number of para-hydroxylation sites is 1. The number of ether oxygens (including phenoxy) is 1. The minimum atomic E-state index is -0.670. The van der Waals surface area contributed by atoms with Gasteiger partial charge >= 0.3 is 5.69 Å². The van der Waals surface area contributed by atoms with E-state index >= 15 is 0 Å². The van der Waals surface area contributed by atoms with Gasteiger partial charge in [-0.15, -0.1) is 0 Å². The molecule has 1 aromatic rings. The summed E-state index contributed by atoms with van der Waals surface area (Å²) >= 11 is 5.71. The molecule has 0 saturated carbocycles. The van der Waals surface area contributed by atoms with Crippen LogP contribution in [0.3, 0.4) is 0 Å². The molecule has 1 amide bonds. The fourth-order valence-corrected chi connectivity index (χ4v) is 1.54. The maximum absolute atomic E-state index is 11.8. The summed E-state index contributed by atoms with van der Waals surface area (Å²) < 4.78 is 4.96. The average molecular weight is 273 g/mol. The summed E-state index contributed by atoms with van der Waals surface area (Å²) in [6.07, 6.45) is -0.174. The molecule has 1 atom stereocenters. The largest absolute Gasteiger partial charge is 0.380 e. The standard InChI is InChI=1S/C11H13ClN2O4/c1-7(18-2)6-13-11(15)8-4-3-5-9(12)10(8)14(16)17/h3-5,7H,6H2,1-2H3,(H,13,15). The monoisotopic (exact) mass is 272 g/mol. The van der Waals surface area contributed by atoms with Crippen LogP contribution in [0.2, 0.25) is 5.02 Å². The van der Waals surface area contributed by atoms with Gasteiger partial charge in [-0.1, -0.05) is 17.7 Å². The van der Waals surface area contributed by atoms with E-state index in [2.05, 4.69) is 5.32 Å². The van der Waals surface area contributed by atoms with Crippen LogP contribution in [0.25, 0.3) is 0 Å². The van der Waals surface area contributed by atoms with Crippen molar-refractivity contribution in [1.29, 1.82) is 0 Å². The van der Waals surface area contributed by atoms with E-state index in [1.807, 2.05) is 0 Å². The molecule has 0 radical (unpaired) electrons. The van der Waals surface area contributed by atoms with Crippen molar-refractivity contribution in [3.63, 3.8) is 0 Å². The number of rotatable bonds is 5. The molecule has 0 aliphatic rings. The van der Waals surface area contributed by atoms with Gasteiger partial charge in [0, 0.05) is 13.7 Å². The second kappa shape index (κ2) is 6.32. The third-order valence-corrected chi connectivity index (χ3v) is 2.67. The number of methoxy groups -OCH3 is 1. The molecule has 0 bridgehead atoms. The number of nitrogens with one attached hydrogen (secondary N) is 1. The Kier molecular flexibility index (Phi) is 5.06. The zero-order chi connectivity index (χ0) is 13.7. The maximum Gasteiger partial charge on any atom is 0.300 e. The van der Waals surface area contributed by atoms with Gasteiger partial charge in [-0.2, -0.15) is 0 Å². The topological polar surface area (TPSA) is 81.5 Å². The third-order valence-electron chi connectivity index (χ3n) is 2.37. The van der Waals surface area contributed by atoms with Crippen LogP contribution in [-0.4, -0.2) is 30.6 Å². The zero-order valence-corrected chi connectivity index (χ0v) is 10.7. The Bertz CT molecular complexity index is 464. The van der Waals surface area contributed by atoms with Crippen LogP contribution in [-0.2, 0) is 4.74 Å². The lowest BCUT2D eigenvalue weighted by molar-refractivity contribution is -0.385. The summed E-state index contributed by atoms with van der Waals surface area (Å²) in [6, 6.07) is 4.22. The van der Waals surface area contributed by atoms with Crippen LogP contribution in [0.5, 0.6) is 0 Å². The van der Waals surface area contributed by atoms with E-state index in [9.17, 15) is 14.9 Å². The SMILES string of the molecule is COC(C)CNC(=O)c1cccc(Cl)c1[N+](=O)[O-]. The van der Waals surface area contributed by atoms with Gasteiger partial charge in [-0.25, -0.2) is 0 Å².